The van der Waals surface area contributed by atoms with E-state index >= 15 is 0 Å². The van der Waals surface area contributed by atoms with Crippen LogP contribution in [-0.4, -0.2) is 5.71 Å². The molecule has 1 rings (SSSR count). The molecule has 1 aliphatic rings. The van der Waals surface area contributed by atoms with Gasteiger partial charge in [-0.15, -0.1) is 0 Å². The SMILES string of the molecule is C=C/C=C(C)\C(=C/C)C1=CC/C(=C\C(C)=N/C=C)C=C1. The summed E-state index contributed by atoms with van der Waals surface area (Å²) in [5.41, 5.74) is 5.99. The molecule has 0 N–H and O–H groups in total. The van der Waals surface area contributed by atoms with Crippen LogP contribution in [0.5, 0.6) is 0 Å². The van der Waals surface area contributed by atoms with Crippen LogP contribution < -0.4 is 0 Å². The smallest absolute Gasteiger partial charge is 0.0375 e. The normalized spacial score (nSPS) is 19.1. The average molecular weight is 265 g/mol. The molecule has 0 bridgehead atoms. The Morgan fingerprint density at radius 1 is 1.25 bits per heavy atom. The second kappa shape index (κ2) is 8.11. The number of aliphatic imine (C=N–C) groups is 1. The fourth-order valence-electron chi connectivity index (χ4n) is 2.21. The second-order valence-corrected chi connectivity index (χ2v) is 4.66. The zero-order chi connectivity index (χ0) is 15.0. The minimum Gasteiger partial charge on any atom is -0.262 e. The summed E-state index contributed by atoms with van der Waals surface area (Å²) in [6.07, 6.45) is 17.2. The predicted octanol–water partition coefficient (Wildman–Crippen LogP) is 5.48. The van der Waals surface area contributed by atoms with Gasteiger partial charge in [0.05, 0.1) is 0 Å². The van der Waals surface area contributed by atoms with Gasteiger partial charge in [0, 0.05) is 11.9 Å². The summed E-state index contributed by atoms with van der Waals surface area (Å²) in [4.78, 5) is 4.16. The lowest BCUT2D eigenvalue weighted by atomic mass is 9.92. The van der Waals surface area contributed by atoms with Crippen molar-refractivity contribution in [3.05, 3.63) is 84.2 Å². The number of rotatable bonds is 5. The van der Waals surface area contributed by atoms with Crippen LogP contribution in [-0.2, 0) is 0 Å². The van der Waals surface area contributed by atoms with E-state index in [0.717, 1.165) is 12.1 Å². The lowest BCUT2D eigenvalue weighted by Gasteiger charge is -2.13. The molecule has 0 fully saturated rings. The largest absolute Gasteiger partial charge is 0.262 e. The van der Waals surface area contributed by atoms with Crippen molar-refractivity contribution in [1.29, 1.82) is 0 Å². The topological polar surface area (TPSA) is 12.4 Å². The molecule has 0 aromatic carbocycles. The van der Waals surface area contributed by atoms with Gasteiger partial charge in [-0.25, -0.2) is 0 Å². The van der Waals surface area contributed by atoms with Crippen molar-refractivity contribution < 1.29 is 0 Å². The molecule has 1 heteroatoms. The van der Waals surface area contributed by atoms with Crippen molar-refractivity contribution in [2.24, 2.45) is 4.99 Å². The molecule has 0 amide bonds. The Balaban J connectivity index is 2.91. The van der Waals surface area contributed by atoms with Crippen LogP contribution in [0.1, 0.15) is 27.2 Å². The Kier molecular flexibility index (Phi) is 6.45. The fourth-order valence-corrected chi connectivity index (χ4v) is 2.21. The molecule has 0 aliphatic heterocycles. The minimum absolute atomic E-state index is 0.925. The molecule has 1 aliphatic carbocycles. The van der Waals surface area contributed by atoms with E-state index in [-0.39, 0.29) is 0 Å². The zero-order valence-corrected chi connectivity index (χ0v) is 12.7. The third-order valence-corrected chi connectivity index (χ3v) is 3.12. The second-order valence-electron chi connectivity index (χ2n) is 4.66. The predicted molar refractivity (Wildman–Crippen MR) is 90.9 cm³/mol. The number of allylic oxidation sites excluding steroid dienone is 11. The van der Waals surface area contributed by atoms with Crippen molar-refractivity contribution in [2.75, 3.05) is 0 Å². The Hall–Kier alpha value is -2.15. The van der Waals surface area contributed by atoms with E-state index in [1.807, 2.05) is 19.1 Å². The van der Waals surface area contributed by atoms with Gasteiger partial charge in [-0.05, 0) is 55.6 Å². The van der Waals surface area contributed by atoms with Crippen LogP contribution in [0.3, 0.4) is 0 Å². The van der Waals surface area contributed by atoms with Crippen molar-refractivity contribution in [1.82, 2.24) is 0 Å². The van der Waals surface area contributed by atoms with E-state index in [2.05, 4.69) is 62.4 Å². The third-order valence-electron chi connectivity index (χ3n) is 3.12. The van der Waals surface area contributed by atoms with Gasteiger partial charge in [0.25, 0.3) is 0 Å². The standard InChI is InChI=1S/C19H23N/c1-6-9-15(4)19(7-2)18-12-10-17(11-13-18)14-16(5)20-8-3/h6-10,12-14H,1,3,11H2,2,4-5H3/b15-9-,17-14-,19-7+,20-16-. The maximum atomic E-state index is 4.16. The third kappa shape index (κ3) is 4.51. The van der Waals surface area contributed by atoms with Gasteiger partial charge < -0.3 is 0 Å². The van der Waals surface area contributed by atoms with Gasteiger partial charge >= 0.3 is 0 Å². The molecule has 0 radical (unpaired) electrons. The van der Waals surface area contributed by atoms with E-state index in [1.54, 1.807) is 6.20 Å². The first kappa shape index (κ1) is 15.9. The first-order chi connectivity index (χ1) is 9.62. The van der Waals surface area contributed by atoms with Gasteiger partial charge in [0.15, 0.2) is 0 Å². The molecule has 104 valence electrons. The Labute approximate surface area is 122 Å². The number of hydrogen-bond acceptors (Lipinski definition) is 1. The van der Waals surface area contributed by atoms with Crippen LogP contribution in [0.4, 0.5) is 0 Å². The fraction of sp³-hybridized carbons (Fsp3) is 0.211. The minimum atomic E-state index is 0.925. The maximum Gasteiger partial charge on any atom is 0.0375 e. The van der Waals surface area contributed by atoms with Crippen LogP contribution in [0, 0.1) is 0 Å². The number of nitrogens with zero attached hydrogens (tertiary/aromatic N) is 1. The van der Waals surface area contributed by atoms with Gasteiger partial charge in [-0.3, -0.25) is 4.99 Å². The molecule has 0 spiro atoms. The molecule has 0 unspecified atom stereocenters. The first-order valence-corrected chi connectivity index (χ1v) is 6.82. The lowest BCUT2D eigenvalue weighted by Crippen LogP contribution is -1.96. The van der Waals surface area contributed by atoms with Gasteiger partial charge in [-0.2, -0.15) is 0 Å². The molecule has 0 atom stereocenters. The Morgan fingerprint density at radius 2 is 2.00 bits per heavy atom. The summed E-state index contributed by atoms with van der Waals surface area (Å²) in [5.74, 6) is 0. The van der Waals surface area contributed by atoms with E-state index in [4.69, 9.17) is 0 Å². The molecular weight excluding hydrogens is 242 g/mol. The highest BCUT2D eigenvalue weighted by Crippen LogP contribution is 2.26. The quantitative estimate of drug-likeness (QED) is 0.461. The summed E-state index contributed by atoms with van der Waals surface area (Å²) < 4.78 is 0. The van der Waals surface area contributed by atoms with Crippen LogP contribution in [0.25, 0.3) is 0 Å². The molecule has 0 aromatic heterocycles. The summed E-state index contributed by atoms with van der Waals surface area (Å²) in [6.45, 7) is 13.5. The van der Waals surface area contributed by atoms with Gasteiger partial charge in [0.1, 0.15) is 0 Å². The van der Waals surface area contributed by atoms with Gasteiger partial charge in [0.2, 0.25) is 0 Å². The van der Waals surface area contributed by atoms with Crippen molar-refractivity contribution in [3.63, 3.8) is 0 Å². The van der Waals surface area contributed by atoms with E-state index in [0.29, 0.717) is 0 Å². The molecule has 0 saturated heterocycles. The Bertz CT molecular complexity index is 561. The summed E-state index contributed by atoms with van der Waals surface area (Å²) in [5, 5.41) is 0. The molecule has 0 aromatic rings. The van der Waals surface area contributed by atoms with Crippen LogP contribution >= 0.6 is 0 Å². The molecule has 0 heterocycles. The average Bonchev–Trinajstić information content (AvgIpc) is 2.42. The van der Waals surface area contributed by atoms with E-state index < -0.39 is 0 Å². The highest BCUT2D eigenvalue weighted by atomic mass is 14.7. The highest BCUT2D eigenvalue weighted by molar-refractivity contribution is 5.94. The van der Waals surface area contributed by atoms with Crippen molar-refractivity contribution in [3.8, 4) is 0 Å². The summed E-state index contributed by atoms with van der Waals surface area (Å²) >= 11 is 0. The lowest BCUT2D eigenvalue weighted by molar-refractivity contribution is 1.21. The van der Waals surface area contributed by atoms with Crippen molar-refractivity contribution >= 4 is 5.71 Å². The highest BCUT2D eigenvalue weighted by Gasteiger charge is 2.07. The first-order valence-electron chi connectivity index (χ1n) is 6.82. The van der Waals surface area contributed by atoms with E-state index in [1.165, 1.54) is 22.3 Å². The van der Waals surface area contributed by atoms with Crippen LogP contribution in [0.15, 0.2) is 89.2 Å². The zero-order valence-electron chi connectivity index (χ0n) is 12.7. The van der Waals surface area contributed by atoms with Crippen molar-refractivity contribution in [2.45, 2.75) is 27.2 Å². The Morgan fingerprint density at radius 3 is 2.50 bits per heavy atom. The number of hydrogen-bond donors (Lipinski definition) is 0. The maximum absolute atomic E-state index is 4.16. The molecular formula is C19H23N. The monoisotopic (exact) mass is 265 g/mol. The van der Waals surface area contributed by atoms with Crippen LogP contribution in [0.2, 0.25) is 0 Å². The molecule has 1 nitrogen and oxygen atoms in total. The summed E-state index contributed by atoms with van der Waals surface area (Å²) in [7, 11) is 0. The van der Waals surface area contributed by atoms with Gasteiger partial charge in [-0.1, -0.05) is 49.6 Å². The summed E-state index contributed by atoms with van der Waals surface area (Å²) in [6, 6.07) is 0. The molecule has 20 heavy (non-hydrogen) atoms. The molecule has 0 saturated carbocycles. The van der Waals surface area contributed by atoms with E-state index in [9.17, 15) is 0 Å².